The van der Waals surface area contributed by atoms with Gasteiger partial charge in [0.15, 0.2) is 0 Å². The summed E-state index contributed by atoms with van der Waals surface area (Å²) in [5.74, 6) is -0.819. The maximum atomic E-state index is 12.8. The van der Waals surface area contributed by atoms with E-state index in [0.717, 1.165) is 31.8 Å². The van der Waals surface area contributed by atoms with E-state index in [-0.39, 0.29) is 11.9 Å². The number of nitrogens with zero attached hydrogens (tertiary/aromatic N) is 1. The Bertz CT molecular complexity index is 550. The van der Waals surface area contributed by atoms with Crippen molar-refractivity contribution in [3.05, 3.63) is 0 Å². The summed E-state index contributed by atoms with van der Waals surface area (Å²) < 4.78 is 5.19. The zero-order chi connectivity index (χ0) is 21.2. The first-order chi connectivity index (χ1) is 13.9. The summed E-state index contributed by atoms with van der Waals surface area (Å²) >= 11 is 0. The Labute approximate surface area is 173 Å². The number of likely N-dealkylation sites (tertiary alicyclic amines) is 1. The summed E-state index contributed by atoms with van der Waals surface area (Å²) in [6, 6.07) is -1.95. The van der Waals surface area contributed by atoms with Crippen LogP contribution in [-0.2, 0) is 19.1 Å². The predicted octanol–water partition coefficient (Wildman–Crippen LogP) is 1.53. The van der Waals surface area contributed by atoms with Crippen molar-refractivity contribution >= 4 is 17.8 Å². The molecule has 0 bridgehead atoms. The van der Waals surface area contributed by atoms with Crippen LogP contribution in [-0.4, -0.2) is 72.2 Å². The number of ether oxygens (including phenoxy) is 1. The zero-order valence-corrected chi connectivity index (χ0v) is 17.8. The molecule has 1 unspecified atom stereocenters. The number of rotatable bonds is 11. The van der Waals surface area contributed by atoms with E-state index in [0.29, 0.717) is 32.4 Å². The Morgan fingerprint density at radius 1 is 1.21 bits per heavy atom. The van der Waals surface area contributed by atoms with Gasteiger partial charge in [0.25, 0.3) is 0 Å². The number of carbonyl (C=O) groups excluding carboxylic acids is 2. The van der Waals surface area contributed by atoms with Crippen LogP contribution in [0.4, 0.5) is 0 Å². The second kappa shape index (κ2) is 12.1. The molecule has 2 aliphatic rings. The number of carboxylic acid groups (broad SMARTS) is 1. The van der Waals surface area contributed by atoms with E-state index in [2.05, 4.69) is 10.6 Å². The van der Waals surface area contributed by atoms with Crippen molar-refractivity contribution in [1.29, 1.82) is 0 Å². The maximum absolute atomic E-state index is 12.8. The van der Waals surface area contributed by atoms with Gasteiger partial charge in [-0.25, -0.2) is 4.79 Å². The van der Waals surface area contributed by atoms with Crippen LogP contribution in [0.5, 0.6) is 0 Å². The van der Waals surface area contributed by atoms with Crippen molar-refractivity contribution in [3.63, 3.8) is 0 Å². The van der Waals surface area contributed by atoms with Gasteiger partial charge in [-0.2, -0.15) is 0 Å². The van der Waals surface area contributed by atoms with Crippen LogP contribution < -0.4 is 10.6 Å². The van der Waals surface area contributed by atoms with Gasteiger partial charge in [-0.05, 0) is 65.0 Å². The van der Waals surface area contributed by atoms with E-state index in [1.807, 2.05) is 0 Å². The molecule has 0 radical (unpaired) electrons. The Balaban J connectivity index is 1.85. The number of amides is 1. The number of carboxylic acids is 1. The van der Waals surface area contributed by atoms with E-state index >= 15 is 0 Å². The summed E-state index contributed by atoms with van der Waals surface area (Å²) in [6.07, 6.45) is 7.32. The van der Waals surface area contributed by atoms with Gasteiger partial charge in [0.05, 0.1) is 12.6 Å². The number of unbranched alkanes of at least 4 members (excludes halogenated alkanes) is 1. The number of carbonyl (C=O) groups is 3. The molecule has 2 aliphatic heterocycles. The molecule has 0 aromatic rings. The molecule has 0 saturated carbocycles. The van der Waals surface area contributed by atoms with Crippen LogP contribution in [0.3, 0.4) is 0 Å². The minimum absolute atomic E-state index is 0.265. The molecular weight excluding hydrogens is 374 g/mol. The van der Waals surface area contributed by atoms with Crippen molar-refractivity contribution in [2.45, 2.75) is 83.3 Å². The lowest BCUT2D eigenvalue weighted by molar-refractivity contribution is -0.150. The lowest BCUT2D eigenvalue weighted by Crippen LogP contribution is -2.53. The first kappa shape index (κ1) is 23.6. The third-order valence-corrected chi connectivity index (χ3v) is 6.03. The van der Waals surface area contributed by atoms with Crippen LogP contribution in [0.15, 0.2) is 0 Å². The van der Waals surface area contributed by atoms with Gasteiger partial charge >= 0.3 is 11.9 Å². The number of piperidine rings is 1. The fraction of sp³-hybridized carbons (Fsp3) is 0.857. The zero-order valence-electron chi connectivity index (χ0n) is 17.8. The molecule has 2 fully saturated rings. The SMILES string of the molecule is CCOC(=O)C(CCCCC1CCNCC1)N[C@@H](C)C(=O)N1CCC[C@H]1C(=O)O. The smallest absolute Gasteiger partial charge is 0.326 e. The minimum atomic E-state index is -0.970. The van der Waals surface area contributed by atoms with Gasteiger partial charge in [0.1, 0.15) is 12.1 Å². The van der Waals surface area contributed by atoms with Crippen LogP contribution in [0.2, 0.25) is 0 Å². The van der Waals surface area contributed by atoms with Gasteiger partial charge in [-0.3, -0.25) is 14.9 Å². The molecule has 2 saturated heterocycles. The highest BCUT2D eigenvalue weighted by Gasteiger charge is 2.36. The van der Waals surface area contributed by atoms with E-state index in [1.165, 1.54) is 24.2 Å². The van der Waals surface area contributed by atoms with Crippen LogP contribution in [0.1, 0.15) is 65.2 Å². The molecule has 3 atom stereocenters. The summed E-state index contributed by atoms with van der Waals surface area (Å²) in [4.78, 5) is 37.9. The largest absolute Gasteiger partial charge is 0.480 e. The monoisotopic (exact) mass is 411 g/mol. The number of esters is 1. The minimum Gasteiger partial charge on any atom is -0.480 e. The van der Waals surface area contributed by atoms with E-state index < -0.39 is 24.1 Å². The Morgan fingerprint density at radius 2 is 1.93 bits per heavy atom. The summed E-state index contributed by atoms with van der Waals surface area (Å²) in [5, 5.41) is 15.8. The molecular formula is C21H37N3O5. The normalized spacial score (nSPS) is 22.3. The van der Waals surface area contributed by atoms with Gasteiger partial charge in [-0.1, -0.05) is 19.3 Å². The molecule has 3 N–H and O–H groups in total. The molecule has 2 heterocycles. The standard InChI is InChI=1S/C21H37N3O5/c1-3-29-21(28)17(8-5-4-7-16-10-12-22-13-11-16)23-15(2)19(25)24-14-6-9-18(24)20(26)27/h15-18,22-23H,3-14H2,1-2H3,(H,26,27)/t15-,17?,18-/m0/s1. The number of nitrogens with one attached hydrogen (secondary N) is 2. The Morgan fingerprint density at radius 3 is 2.59 bits per heavy atom. The number of hydrogen-bond donors (Lipinski definition) is 3. The molecule has 1 amide bonds. The quantitative estimate of drug-likeness (QED) is 0.349. The average molecular weight is 412 g/mol. The number of hydrogen-bond acceptors (Lipinski definition) is 6. The molecule has 29 heavy (non-hydrogen) atoms. The van der Waals surface area contributed by atoms with Gasteiger partial charge in [0, 0.05) is 6.54 Å². The fourth-order valence-corrected chi connectivity index (χ4v) is 4.37. The molecule has 0 spiro atoms. The summed E-state index contributed by atoms with van der Waals surface area (Å²) in [7, 11) is 0. The van der Waals surface area contributed by atoms with Crippen molar-refractivity contribution in [2.24, 2.45) is 5.92 Å². The lowest BCUT2D eigenvalue weighted by Gasteiger charge is -2.28. The molecule has 0 aromatic heterocycles. The third kappa shape index (κ3) is 7.26. The molecule has 166 valence electrons. The van der Waals surface area contributed by atoms with E-state index in [9.17, 15) is 19.5 Å². The number of aliphatic carboxylic acids is 1. The Kier molecular flexibility index (Phi) is 9.87. The van der Waals surface area contributed by atoms with Crippen molar-refractivity contribution in [3.8, 4) is 0 Å². The summed E-state index contributed by atoms with van der Waals surface area (Å²) in [6.45, 7) is 6.38. The topological polar surface area (TPSA) is 108 Å². The first-order valence-electron chi connectivity index (χ1n) is 11.1. The van der Waals surface area contributed by atoms with Crippen molar-refractivity contribution in [2.75, 3.05) is 26.2 Å². The van der Waals surface area contributed by atoms with Crippen molar-refractivity contribution in [1.82, 2.24) is 15.5 Å². The fourth-order valence-electron chi connectivity index (χ4n) is 4.37. The van der Waals surface area contributed by atoms with Gasteiger partial charge < -0.3 is 20.1 Å². The Hall–Kier alpha value is -1.67. The van der Waals surface area contributed by atoms with Gasteiger partial charge in [-0.15, -0.1) is 0 Å². The lowest BCUT2D eigenvalue weighted by atomic mass is 9.92. The molecule has 8 heteroatoms. The van der Waals surface area contributed by atoms with Crippen molar-refractivity contribution < 1.29 is 24.2 Å². The highest BCUT2D eigenvalue weighted by Crippen LogP contribution is 2.21. The van der Waals surface area contributed by atoms with Crippen LogP contribution in [0.25, 0.3) is 0 Å². The second-order valence-electron chi connectivity index (χ2n) is 8.20. The predicted molar refractivity (Wildman–Crippen MR) is 109 cm³/mol. The molecule has 0 aromatic carbocycles. The highest BCUT2D eigenvalue weighted by atomic mass is 16.5. The third-order valence-electron chi connectivity index (χ3n) is 6.03. The first-order valence-corrected chi connectivity index (χ1v) is 11.1. The molecule has 8 nitrogen and oxygen atoms in total. The average Bonchev–Trinajstić information content (AvgIpc) is 3.20. The summed E-state index contributed by atoms with van der Waals surface area (Å²) in [5.41, 5.74) is 0. The second-order valence-corrected chi connectivity index (χ2v) is 8.20. The van der Waals surface area contributed by atoms with E-state index in [1.54, 1.807) is 13.8 Å². The van der Waals surface area contributed by atoms with Gasteiger partial charge in [0.2, 0.25) is 5.91 Å². The highest BCUT2D eigenvalue weighted by molar-refractivity contribution is 5.88. The van der Waals surface area contributed by atoms with E-state index in [4.69, 9.17) is 4.74 Å². The molecule has 2 rings (SSSR count). The maximum Gasteiger partial charge on any atom is 0.326 e. The van der Waals surface area contributed by atoms with Crippen LogP contribution >= 0.6 is 0 Å². The van der Waals surface area contributed by atoms with Crippen LogP contribution in [0, 0.1) is 5.92 Å². The molecule has 0 aliphatic carbocycles.